The summed E-state index contributed by atoms with van der Waals surface area (Å²) in [6, 6.07) is 8.33. The zero-order chi connectivity index (χ0) is 18.9. The zero-order valence-electron chi connectivity index (χ0n) is 16.6. The number of nitrogens with zero attached hydrogens (tertiary/aromatic N) is 2. The van der Waals surface area contributed by atoms with Crippen molar-refractivity contribution in [3.63, 3.8) is 0 Å². The van der Waals surface area contributed by atoms with Gasteiger partial charge in [0.15, 0.2) is 6.20 Å². The zero-order valence-corrected chi connectivity index (χ0v) is 17.6. The summed E-state index contributed by atoms with van der Waals surface area (Å²) in [5.41, 5.74) is 2.66. The molecule has 2 aromatic rings. The molecule has 3 rings (SSSR count). The van der Waals surface area contributed by atoms with Crippen LogP contribution in [0.15, 0.2) is 30.5 Å². The lowest BCUT2D eigenvalue weighted by Crippen LogP contribution is -2.44. The summed E-state index contributed by atoms with van der Waals surface area (Å²) in [5, 5.41) is 13.7. The van der Waals surface area contributed by atoms with Crippen LogP contribution in [0.2, 0.25) is 19.6 Å². The molecule has 0 aliphatic heterocycles. The van der Waals surface area contributed by atoms with E-state index < -0.39 is 8.07 Å². The molecule has 1 heterocycles. The van der Waals surface area contributed by atoms with Crippen molar-refractivity contribution in [3.05, 3.63) is 69.5 Å². The standard InChI is InChI=1S/C23H30N2Si/c1-17-12-19(15-24)10-11-21(17)22-14-20(13-18-8-6-7-9-18)23(16-25(22)2)26(3,4)5/h10-12,14,16,18H,2,6-9,13H2,1,3-5H3. The second-order valence-corrected chi connectivity index (χ2v) is 13.9. The third-order valence-corrected chi connectivity index (χ3v) is 7.74. The third-order valence-electron chi connectivity index (χ3n) is 5.67. The number of hydrogen-bond donors (Lipinski definition) is 0. The van der Waals surface area contributed by atoms with Crippen molar-refractivity contribution in [2.75, 3.05) is 0 Å². The minimum Gasteiger partial charge on any atom is -0.763 e. The highest BCUT2D eigenvalue weighted by Crippen LogP contribution is 2.28. The van der Waals surface area contributed by atoms with E-state index in [0.29, 0.717) is 5.22 Å². The van der Waals surface area contributed by atoms with E-state index in [2.05, 4.69) is 57.5 Å². The highest BCUT2D eigenvalue weighted by molar-refractivity contribution is 6.88. The average Bonchev–Trinajstić information content (AvgIpc) is 3.08. The molecule has 0 unspecified atom stereocenters. The molecule has 1 aromatic carbocycles. The van der Waals surface area contributed by atoms with E-state index in [1.165, 1.54) is 48.1 Å². The van der Waals surface area contributed by atoms with Crippen molar-refractivity contribution in [1.29, 1.82) is 0 Å². The van der Waals surface area contributed by atoms with Gasteiger partial charge in [0, 0.05) is 16.5 Å². The van der Waals surface area contributed by atoms with Crippen LogP contribution in [0.5, 0.6) is 0 Å². The van der Waals surface area contributed by atoms with Gasteiger partial charge in [-0.1, -0.05) is 45.3 Å². The minimum atomic E-state index is -1.44. The van der Waals surface area contributed by atoms with Gasteiger partial charge in [0.05, 0.1) is 8.07 Å². The predicted molar refractivity (Wildman–Crippen MR) is 112 cm³/mol. The first-order chi connectivity index (χ1) is 12.3. The molecule has 2 nitrogen and oxygen atoms in total. The molecule has 1 aromatic heterocycles. The molecule has 0 bridgehead atoms. The number of pyridine rings is 1. The Morgan fingerprint density at radius 3 is 2.46 bits per heavy atom. The van der Waals surface area contributed by atoms with Gasteiger partial charge in [0.1, 0.15) is 6.72 Å². The second kappa shape index (κ2) is 7.34. The largest absolute Gasteiger partial charge is 0.763 e. The SMILES string of the molecule is C=[n+]1cc([Si](C)(C)C)c(CC2CCCC2)cc1=c1ccc(=C=[N-])cc1C. The summed E-state index contributed by atoms with van der Waals surface area (Å²) in [7, 11) is -1.44. The Labute approximate surface area is 157 Å². The smallest absolute Gasteiger partial charge is 0.217 e. The van der Waals surface area contributed by atoms with Crippen LogP contribution < -0.4 is 14.6 Å². The van der Waals surface area contributed by atoms with Gasteiger partial charge >= 0.3 is 0 Å². The molecule has 3 heteroatoms. The number of hydrogen-bond acceptors (Lipinski definition) is 0. The Bertz CT molecular complexity index is 1040. The number of aromatic nitrogens is 1. The molecular weight excluding hydrogens is 332 g/mol. The summed E-state index contributed by atoms with van der Waals surface area (Å²) < 4.78 is 2.04. The van der Waals surface area contributed by atoms with Gasteiger partial charge in [0.25, 0.3) is 0 Å². The van der Waals surface area contributed by atoms with Crippen molar-refractivity contribution >= 4 is 19.1 Å². The Kier molecular flexibility index (Phi) is 5.31. The maximum atomic E-state index is 9.14. The van der Waals surface area contributed by atoms with Crippen molar-refractivity contribution < 1.29 is 4.24 Å². The summed E-state index contributed by atoms with van der Waals surface area (Å²) >= 11 is 0. The Morgan fingerprint density at radius 1 is 1.19 bits per heavy atom. The van der Waals surface area contributed by atoms with Crippen LogP contribution in [0.3, 0.4) is 0 Å². The molecule has 136 valence electrons. The second-order valence-electron chi connectivity index (χ2n) is 8.81. The van der Waals surface area contributed by atoms with Gasteiger partial charge < -0.3 is 5.41 Å². The van der Waals surface area contributed by atoms with E-state index in [4.69, 9.17) is 5.41 Å². The molecule has 0 saturated heterocycles. The molecule has 0 spiro atoms. The average molecular weight is 363 g/mol. The molecule has 0 radical (unpaired) electrons. The molecule has 1 aliphatic carbocycles. The first-order valence-corrected chi connectivity index (χ1v) is 13.2. The van der Waals surface area contributed by atoms with Crippen LogP contribution in [0.1, 0.15) is 36.8 Å². The Hall–Kier alpha value is -1.96. The predicted octanol–water partition coefficient (Wildman–Crippen LogP) is 3.40. The lowest BCUT2D eigenvalue weighted by Gasteiger charge is -2.20. The first-order valence-electron chi connectivity index (χ1n) is 9.70. The number of rotatable bonds is 3. The van der Waals surface area contributed by atoms with Gasteiger partial charge in [0.2, 0.25) is 5.35 Å². The van der Waals surface area contributed by atoms with E-state index in [1.807, 2.05) is 16.4 Å². The molecule has 0 atom stereocenters. The summed E-state index contributed by atoms with van der Waals surface area (Å²) in [4.78, 5) is 0. The Morgan fingerprint density at radius 2 is 1.88 bits per heavy atom. The van der Waals surface area contributed by atoms with E-state index in [-0.39, 0.29) is 0 Å². The first kappa shape index (κ1) is 18.8. The molecule has 1 aliphatic rings. The minimum absolute atomic E-state index is 0.715. The summed E-state index contributed by atoms with van der Waals surface area (Å²) in [5.74, 6) is 3.07. The Balaban J connectivity index is 2.29. The molecular formula is C23H30N2Si. The van der Waals surface area contributed by atoms with E-state index in [9.17, 15) is 0 Å². The number of benzene rings is 1. The van der Waals surface area contributed by atoms with Crippen LogP contribution >= 0.6 is 0 Å². The quantitative estimate of drug-likeness (QED) is 0.455. The monoisotopic (exact) mass is 362 g/mol. The van der Waals surface area contributed by atoms with Gasteiger partial charge in [-0.2, -0.15) is 4.24 Å². The molecule has 0 N–H and O–H groups in total. The molecule has 1 fully saturated rings. The van der Waals surface area contributed by atoms with Gasteiger partial charge in [-0.3, -0.25) is 5.87 Å². The van der Waals surface area contributed by atoms with E-state index in [0.717, 1.165) is 16.8 Å². The van der Waals surface area contributed by atoms with Crippen molar-refractivity contribution in [2.45, 2.75) is 58.7 Å². The summed E-state index contributed by atoms with van der Waals surface area (Å²) in [6.45, 7) is 13.7. The van der Waals surface area contributed by atoms with Gasteiger partial charge in [-0.05, 0) is 53.8 Å². The number of aryl methyl sites for hydroxylation is 1. The molecule has 1 saturated carbocycles. The van der Waals surface area contributed by atoms with Crippen LogP contribution in [-0.4, -0.2) is 13.9 Å². The van der Waals surface area contributed by atoms with Crippen LogP contribution in [0, 0.1) is 30.1 Å². The summed E-state index contributed by atoms with van der Waals surface area (Å²) in [6.07, 6.45) is 8.99. The fourth-order valence-electron chi connectivity index (χ4n) is 4.26. The fourth-order valence-corrected chi connectivity index (χ4v) is 5.94. The highest BCUT2D eigenvalue weighted by Gasteiger charge is 2.26. The fraction of sp³-hybridized carbons (Fsp3) is 0.435. The van der Waals surface area contributed by atoms with Crippen molar-refractivity contribution in [3.8, 4) is 0 Å². The van der Waals surface area contributed by atoms with E-state index in [1.54, 1.807) is 0 Å². The van der Waals surface area contributed by atoms with Crippen LogP contribution in [0.25, 0.3) is 5.41 Å². The van der Waals surface area contributed by atoms with Crippen molar-refractivity contribution in [1.82, 2.24) is 0 Å². The third kappa shape index (κ3) is 3.90. The topological polar surface area (TPSA) is 28.2 Å². The van der Waals surface area contributed by atoms with Crippen molar-refractivity contribution in [2.24, 2.45) is 5.92 Å². The lowest BCUT2D eigenvalue weighted by atomic mass is 9.98. The van der Waals surface area contributed by atoms with Gasteiger partial charge in [-0.25, -0.2) is 0 Å². The van der Waals surface area contributed by atoms with Crippen LogP contribution in [0.4, 0.5) is 0 Å². The lowest BCUT2D eigenvalue weighted by molar-refractivity contribution is -0.509. The normalized spacial score (nSPS) is 16.6. The molecule has 26 heavy (non-hydrogen) atoms. The van der Waals surface area contributed by atoms with E-state index >= 15 is 0 Å². The maximum Gasteiger partial charge on any atom is 0.217 e. The highest BCUT2D eigenvalue weighted by atomic mass is 28.3. The van der Waals surface area contributed by atoms with Crippen LogP contribution in [-0.2, 0) is 6.42 Å². The maximum absolute atomic E-state index is 9.14. The van der Waals surface area contributed by atoms with Gasteiger partial charge in [-0.15, -0.1) is 0 Å². The molecule has 0 amide bonds.